The normalized spacial score (nSPS) is 10.9. The lowest BCUT2D eigenvalue weighted by Crippen LogP contribution is -2.20. The van der Waals surface area contributed by atoms with Gasteiger partial charge in [0, 0.05) is 17.5 Å². The molecule has 3 nitrogen and oxygen atoms in total. The van der Waals surface area contributed by atoms with Crippen molar-refractivity contribution in [1.29, 1.82) is 0 Å². The average molecular weight is 352 g/mol. The van der Waals surface area contributed by atoms with Gasteiger partial charge in [-0.1, -0.05) is 24.3 Å². The first-order chi connectivity index (χ1) is 9.67. The lowest BCUT2D eigenvalue weighted by atomic mass is 10.1. The van der Waals surface area contributed by atoms with Crippen molar-refractivity contribution in [2.45, 2.75) is 13.2 Å². The summed E-state index contributed by atoms with van der Waals surface area (Å²) in [6.07, 6.45) is 3.31. The Kier molecular flexibility index (Phi) is 5.52. The van der Waals surface area contributed by atoms with E-state index in [0.29, 0.717) is 6.54 Å². The van der Waals surface area contributed by atoms with E-state index in [0.717, 1.165) is 19.8 Å². The highest BCUT2D eigenvalue weighted by Gasteiger charge is 1.99. The predicted octanol–water partition coefficient (Wildman–Crippen LogP) is 3.33. The summed E-state index contributed by atoms with van der Waals surface area (Å²) >= 11 is 4.95. The Morgan fingerprint density at radius 3 is 2.80 bits per heavy atom. The zero-order valence-electron chi connectivity index (χ0n) is 10.7. The van der Waals surface area contributed by atoms with Crippen LogP contribution in [0.2, 0.25) is 0 Å². The van der Waals surface area contributed by atoms with Crippen molar-refractivity contribution in [1.82, 2.24) is 5.32 Å². The average Bonchev–Trinajstić information content (AvgIpc) is 2.89. The van der Waals surface area contributed by atoms with Crippen molar-refractivity contribution in [3.63, 3.8) is 0 Å². The molecule has 0 radical (unpaired) electrons. The Morgan fingerprint density at radius 2 is 2.10 bits per heavy atom. The Hall–Kier alpha value is -1.43. The number of thiophene rings is 1. The summed E-state index contributed by atoms with van der Waals surface area (Å²) in [4.78, 5) is 12.7. The van der Waals surface area contributed by atoms with E-state index in [9.17, 15) is 4.79 Å². The van der Waals surface area contributed by atoms with E-state index >= 15 is 0 Å². The summed E-state index contributed by atoms with van der Waals surface area (Å²) in [6, 6.07) is 11.4. The van der Waals surface area contributed by atoms with Crippen molar-refractivity contribution in [3.8, 4) is 0 Å². The minimum atomic E-state index is -0.135. The van der Waals surface area contributed by atoms with Crippen LogP contribution in [0.1, 0.15) is 16.0 Å². The fraction of sp³-hybridized carbons (Fsp3) is 0.133. The molecule has 1 amide bonds. The van der Waals surface area contributed by atoms with Gasteiger partial charge >= 0.3 is 0 Å². The predicted molar refractivity (Wildman–Crippen MR) is 85.3 cm³/mol. The molecule has 1 aromatic heterocycles. The lowest BCUT2D eigenvalue weighted by molar-refractivity contribution is -0.116. The van der Waals surface area contributed by atoms with E-state index < -0.39 is 0 Å². The number of hydrogen-bond acceptors (Lipinski definition) is 3. The molecule has 0 saturated carbocycles. The second-order valence-corrected chi connectivity index (χ2v) is 6.67. The summed E-state index contributed by atoms with van der Waals surface area (Å²) < 4.78 is 1.04. The molecule has 0 atom stereocenters. The largest absolute Gasteiger partial charge is 0.392 e. The van der Waals surface area contributed by atoms with Crippen LogP contribution in [0.5, 0.6) is 0 Å². The van der Waals surface area contributed by atoms with E-state index in [1.807, 2.05) is 36.4 Å². The maximum absolute atomic E-state index is 11.7. The summed E-state index contributed by atoms with van der Waals surface area (Å²) in [5, 5.41) is 11.9. The highest BCUT2D eigenvalue weighted by molar-refractivity contribution is 9.11. The van der Waals surface area contributed by atoms with Gasteiger partial charge in [-0.3, -0.25) is 4.79 Å². The Morgan fingerprint density at radius 1 is 1.30 bits per heavy atom. The van der Waals surface area contributed by atoms with Gasteiger partial charge in [-0.25, -0.2) is 0 Å². The van der Waals surface area contributed by atoms with Gasteiger partial charge in [0.1, 0.15) is 0 Å². The highest BCUT2D eigenvalue weighted by atomic mass is 79.9. The first kappa shape index (κ1) is 15.0. The monoisotopic (exact) mass is 351 g/mol. The fourth-order valence-electron chi connectivity index (χ4n) is 1.66. The molecule has 0 bridgehead atoms. The van der Waals surface area contributed by atoms with Crippen molar-refractivity contribution in [3.05, 3.63) is 62.3 Å². The molecule has 0 aliphatic heterocycles. The summed E-state index contributed by atoms with van der Waals surface area (Å²) in [6.45, 7) is 0.458. The van der Waals surface area contributed by atoms with Gasteiger partial charge in [0.25, 0.3) is 0 Å². The second kappa shape index (κ2) is 7.38. The minimum absolute atomic E-state index is 0.00887. The topological polar surface area (TPSA) is 49.3 Å². The second-order valence-electron chi connectivity index (χ2n) is 4.17. The number of nitrogens with one attached hydrogen (secondary N) is 1. The standard InChI is InChI=1S/C15H14BrNO2S/c16-14-6-4-13(20-14)5-7-15(19)17-9-11-2-1-3-12(8-11)10-18/h1-8,18H,9-10H2,(H,17,19). The number of hydrogen-bond donors (Lipinski definition) is 2. The Bertz CT molecular complexity index is 622. The molecule has 1 aromatic carbocycles. The number of rotatable bonds is 5. The maximum Gasteiger partial charge on any atom is 0.244 e. The van der Waals surface area contributed by atoms with Crippen molar-refractivity contribution in [2.75, 3.05) is 0 Å². The molecule has 0 aliphatic carbocycles. The molecular formula is C15H14BrNO2S. The van der Waals surface area contributed by atoms with Crippen molar-refractivity contribution < 1.29 is 9.90 Å². The van der Waals surface area contributed by atoms with Gasteiger partial charge in [0.2, 0.25) is 5.91 Å². The van der Waals surface area contributed by atoms with Gasteiger partial charge in [-0.05, 0) is 45.3 Å². The van der Waals surface area contributed by atoms with Crippen LogP contribution in [0.3, 0.4) is 0 Å². The molecule has 2 aromatic rings. The third-order valence-corrected chi connectivity index (χ3v) is 4.22. The summed E-state index contributed by atoms with van der Waals surface area (Å²) in [5.41, 5.74) is 1.81. The van der Waals surface area contributed by atoms with Gasteiger partial charge in [0.05, 0.1) is 10.4 Å². The molecule has 0 aliphatic rings. The number of carbonyl (C=O) groups is 1. The van der Waals surface area contributed by atoms with Crippen molar-refractivity contribution in [2.24, 2.45) is 0 Å². The first-order valence-electron chi connectivity index (χ1n) is 6.07. The molecule has 0 saturated heterocycles. The number of aliphatic hydroxyl groups is 1. The maximum atomic E-state index is 11.7. The van der Waals surface area contributed by atoms with Gasteiger partial charge in [-0.2, -0.15) is 0 Å². The summed E-state index contributed by atoms with van der Waals surface area (Å²) in [5.74, 6) is -0.135. The molecule has 0 unspecified atom stereocenters. The van der Waals surface area contributed by atoms with Crippen molar-refractivity contribution >= 4 is 39.2 Å². The van der Waals surface area contributed by atoms with Crippen LogP contribution >= 0.6 is 27.3 Å². The SMILES string of the molecule is O=C(C=Cc1ccc(Br)s1)NCc1cccc(CO)c1. The molecule has 5 heteroatoms. The fourth-order valence-corrected chi connectivity index (χ4v) is 2.99. The van der Waals surface area contributed by atoms with Crippen LogP contribution < -0.4 is 5.32 Å². The third-order valence-electron chi connectivity index (χ3n) is 2.63. The molecule has 104 valence electrons. The van der Waals surface area contributed by atoms with Crippen LogP contribution in [0.15, 0.2) is 46.3 Å². The van der Waals surface area contributed by atoms with Crippen LogP contribution in [0, 0.1) is 0 Å². The smallest absolute Gasteiger partial charge is 0.244 e. The molecule has 0 spiro atoms. The molecule has 20 heavy (non-hydrogen) atoms. The number of benzene rings is 1. The van der Waals surface area contributed by atoms with Crippen LogP contribution in [-0.2, 0) is 17.9 Å². The van der Waals surface area contributed by atoms with E-state index in [1.165, 1.54) is 6.08 Å². The minimum Gasteiger partial charge on any atom is -0.392 e. The zero-order valence-corrected chi connectivity index (χ0v) is 13.1. The Labute approximate surface area is 130 Å². The Balaban J connectivity index is 1.87. The zero-order chi connectivity index (χ0) is 14.4. The molecule has 0 fully saturated rings. The number of aliphatic hydroxyl groups excluding tert-OH is 1. The quantitative estimate of drug-likeness (QED) is 0.811. The van der Waals surface area contributed by atoms with Gasteiger partial charge in [-0.15, -0.1) is 11.3 Å². The van der Waals surface area contributed by atoms with E-state index in [2.05, 4.69) is 21.2 Å². The molecule has 2 rings (SSSR count). The number of halogens is 1. The van der Waals surface area contributed by atoms with Crippen LogP contribution in [0.25, 0.3) is 6.08 Å². The first-order valence-corrected chi connectivity index (χ1v) is 7.68. The van der Waals surface area contributed by atoms with Gasteiger partial charge in [0.15, 0.2) is 0 Å². The molecular weight excluding hydrogens is 338 g/mol. The number of amides is 1. The van der Waals surface area contributed by atoms with E-state index in [1.54, 1.807) is 17.4 Å². The van der Waals surface area contributed by atoms with Gasteiger partial charge < -0.3 is 10.4 Å². The highest BCUT2D eigenvalue weighted by Crippen LogP contribution is 2.22. The summed E-state index contributed by atoms with van der Waals surface area (Å²) in [7, 11) is 0. The molecule has 1 heterocycles. The molecule has 2 N–H and O–H groups in total. The van der Waals surface area contributed by atoms with E-state index in [-0.39, 0.29) is 12.5 Å². The van der Waals surface area contributed by atoms with Crippen LogP contribution in [-0.4, -0.2) is 11.0 Å². The van der Waals surface area contributed by atoms with E-state index in [4.69, 9.17) is 5.11 Å². The van der Waals surface area contributed by atoms with Crippen LogP contribution in [0.4, 0.5) is 0 Å². The number of carbonyl (C=O) groups excluding carboxylic acids is 1. The third kappa shape index (κ3) is 4.59. The lowest BCUT2D eigenvalue weighted by Gasteiger charge is -2.04.